The van der Waals surface area contributed by atoms with Crippen LogP contribution in [0.2, 0.25) is 0 Å². The highest BCUT2D eigenvalue weighted by Gasteiger charge is 2.36. The van der Waals surface area contributed by atoms with Gasteiger partial charge in [-0.15, -0.1) is 0 Å². The number of fused-ring (bicyclic) bond motifs is 3. The summed E-state index contributed by atoms with van der Waals surface area (Å²) < 4.78 is 0. The van der Waals surface area contributed by atoms with E-state index in [-0.39, 0.29) is 5.41 Å². The first-order valence-corrected chi connectivity index (χ1v) is 18.3. The van der Waals surface area contributed by atoms with Crippen LogP contribution in [-0.4, -0.2) is 15.0 Å². The van der Waals surface area contributed by atoms with Crippen LogP contribution in [0.5, 0.6) is 0 Å². The van der Waals surface area contributed by atoms with Crippen molar-refractivity contribution in [2.24, 2.45) is 0 Å². The van der Waals surface area contributed by atoms with Crippen molar-refractivity contribution in [3.63, 3.8) is 0 Å². The third-order valence-electron chi connectivity index (χ3n) is 10.5. The molecule has 1 N–H and O–H groups in total. The van der Waals surface area contributed by atoms with Crippen molar-refractivity contribution in [3.8, 4) is 56.4 Å². The topological polar surface area (TPSA) is 50.7 Å². The van der Waals surface area contributed by atoms with Gasteiger partial charge in [-0.25, -0.2) is 15.0 Å². The Morgan fingerprint density at radius 2 is 0.944 bits per heavy atom. The van der Waals surface area contributed by atoms with Crippen LogP contribution in [0, 0.1) is 0 Å². The monoisotopic (exact) mass is 694 g/mol. The maximum atomic E-state index is 5.01. The maximum absolute atomic E-state index is 5.01. The fourth-order valence-electron chi connectivity index (χ4n) is 7.57. The van der Waals surface area contributed by atoms with Gasteiger partial charge in [0.2, 0.25) is 0 Å². The van der Waals surface area contributed by atoms with E-state index in [1.54, 1.807) is 0 Å². The highest BCUT2D eigenvalue weighted by atomic mass is 15.0. The number of hydrogen-bond donors (Lipinski definition) is 1. The van der Waals surface area contributed by atoms with E-state index in [4.69, 9.17) is 15.0 Å². The van der Waals surface area contributed by atoms with Gasteiger partial charge in [-0.2, -0.15) is 0 Å². The molecule has 54 heavy (non-hydrogen) atoms. The van der Waals surface area contributed by atoms with Gasteiger partial charge in [-0.3, -0.25) is 0 Å². The average molecular weight is 695 g/mol. The molecule has 0 fully saturated rings. The summed E-state index contributed by atoms with van der Waals surface area (Å²) in [7, 11) is 0. The maximum Gasteiger partial charge on any atom is 0.164 e. The van der Waals surface area contributed by atoms with Crippen molar-refractivity contribution in [1.29, 1.82) is 0 Å². The highest BCUT2D eigenvalue weighted by molar-refractivity contribution is 5.89. The zero-order chi connectivity index (χ0) is 36.6. The third kappa shape index (κ3) is 6.08. The van der Waals surface area contributed by atoms with Crippen molar-refractivity contribution in [2.45, 2.75) is 19.3 Å². The first-order chi connectivity index (χ1) is 26.4. The lowest BCUT2D eigenvalue weighted by Crippen LogP contribution is -2.15. The molecule has 0 bridgehead atoms. The molecule has 0 saturated carbocycles. The second kappa shape index (κ2) is 13.6. The van der Waals surface area contributed by atoms with E-state index in [0.29, 0.717) is 17.5 Å². The fourth-order valence-corrected chi connectivity index (χ4v) is 7.57. The van der Waals surface area contributed by atoms with Crippen LogP contribution >= 0.6 is 0 Å². The van der Waals surface area contributed by atoms with Crippen LogP contribution in [0.4, 0.5) is 11.4 Å². The molecule has 8 aromatic rings. The number of benzene rings is 7. The standard InChI is InChI=1S/C50H38N4/c1-33(41-24-13-14-25-46(41)51-40-22-11-6-12-23-40)36-20-15-21-37(30-36)38-26-28-42-43-29-27-39(32-45(43)50(2,3)44(42)31-38)49-53-47(34-16-7-4-8-17-34)52-48(54-49)35-18-9-5-10-19-35/h4-32,51H,1H2,2-3H3. The van der Waals surface area contributed by atoms with E-state index in [1.807, 2.05) is 78.9 Å². The summed E-state index contributed by atoms with van der Waals surface area (Å²) in [6, 6.07) is 61.1. The second-order valence-electron chi connectivity index (χ2n) is 14.3. The average Bonchev–Trinajstić information content (AvgIpc) is 3.46. The molecular formula is C50H38N4. The van der Waals surface area contributed by atoms with Crippen molar-refractivity contribution in [2.75, 3.05) is 5.32 Å². The minimum atomic E-state index is -0.239. The molecule has 4 heteroatoms. The Kier molecular flexibility index (Phi) is 8.28. The molecule has 0 saturated heterocycles. The van der Waals surface area contributed by atoms with Gasteiger partial charge in [0.1, 0.15) is 0 Å². The smallest absolute Gasteiger partial charge is 0.164 e. The predicted molar refractivity (Wildman–Crippen MR) is 223 cm³/mol. The van der Waals surface area contributed by atoms with Crippen LogP contribution < -0.4 is 5.32 Å². The molecule has 1 heterocycles. The van der Waals surface area contributed by atoms with Crippen molar-refractivity contribution >= 4 is 16.9 Å². The molecule has 0 atom stereocenters. The molecule has 0 aliphatic heterocycles. The summed E-state index contributed by atoms with van der Waals surface area (Å²) in [4.78, 5) is 14.9. The van der Waals surface area contributed by atoms with Gasteiger partial charge in [0, 0.05) is 39.0 Å². The summed E-state index contributed by atoms with van der Waals surface area (Å²) in [6.07, 6.45) is 0. The van der Waals surface area contributed by atoms with Crippen LogP contribution in [0.15, 0.2) is 183 Å². The fraction of sp³-hybridized carbons (Fsp3) is 0.0600. The minimum Gasteiger partial charge on any atom is -0.355 e. The van der Waals surface area contributed by atoms with Gasteiger partial charge in [0.15, 0.2) is 17.5 Å². The Labute approximate surface area is 316 Å². The molecule has 9 rings (SSSR count). The zero-order valence-electron chi connectivity index (χ0n) is 30.3. The molecule has 0 amide bonds. The Hall–Kier alpha value is -6.91. The van der Waals surface area contributed by atoms with Gasteiger partial charge in [-0.05, 0) is 80.9 Å². The molecule has 0 unspecified atom stereocenters. The van der Waals surface area contributed by atoms with E-state index in [1.165, 1.54) is 27.8 Å². The van der Waals surface area contributed by atoms with Gasteiger partial charge < -0.3 is 5.32 Å². The Morgan fingerprint density at radius 1 is 0.463 bits per heavy atom. The van der Waals surface area contributed by atoms with Gasteiger partial charge in [0.25, 0.3) is 0 Å². The molecule has 0 spiro atoms. The van der Waals surface area contributed by atoms with E-state index < -0.39 is 0 Å². The molecule has 7 aromatic carbocycles. The van der Waals surface area contributed by atoms with E-state index in [0.717, 1.165) is 50.3 Å². The normalized spacial score (nSPS) is 12.5. The van der Waals surface area contributed by atoms with Crippen LogP contribution in [-0.2, 0) is 5.41 Å². The molecule has 0 radical (unpaired) electrons. The third-order valence-corrected chi connectivity index (χ3v) is 10.5. The first-order valence-electron chi connectivity index (χ1n) is 18.3. The van der Waals surface area contributed by atoms with E-state index >= 15 is 0 Å². The number of para-hydroxylation sites is 2. The number of nitrogens with zero attached hydrogens (tertiary/aromatic N) is 3. The Bertz CT molecular complexity index is 2610. The molecule has 1 aromatic heterocycles. The molecule has 1 aliphatic carbocycles. The summed E-state index contributed by atoms with van der Waals surface area (Å²) in [5.74, 6) is 1.98. The van der Waals surface area contributed by atoms with E-state index in [2.05, 4.69) is 123 Å². The Morgan fingerprint density at radius 3 is 1.57 bits per heavy atom. The highest BCUT2D eigenvalue weighted by Crippen LogP contribution is 2.50. The lowest BCUT2D eigenvalue weighted by Gasteiger charge is -2.22. The lowest BCUT2D eigenvalue weighted by molar-refractivity contribution is 0.661. The van der Waals surface area contributed by atoms with Crippen molar-refractivity contribution < 1.29 is 0 Å². The van der Waals surface area contributed by atoms with Gasteiger partial charge in [-0.1, -0.05) is 160 Å². The SMILES string of the molecule is C=C(c1cccc(-c2ccc3c(c2)C(C)(C)c2cc(-c4nc(-c5ccccc5)nc(-c5ccccc5)n4)ccc2-3)c1)c1ccccc1Nc1ccccc1. The zero-order valence-corrected chi connectivity index (χ0v) is 30.3. The predicted octanol–water partition coefficient (Wildman–Crippen LogP) is 12.7. The van der Waals surface area contributed by atoms with Crippen molar-refractivity contribution in [1.82, 2.24) is 15.0 Å². The summed E-state index contributed by atoms with van der Waals surface area (Å²) >= 11 is 0. The number of nitrogens with one attached hydrogen (secondary N) is 1. The number of aromatic nitrogens is 3. The van der Waals surface area contributed by atoms with Crippen molar-refractivity contribution in [3.05, 3.63) is 205 Å². The Balaban J connectivity index is 1.05. The quantitative estimate of drug-likeness (QED) is 0.172. The number of anilines is 2. The van der Waals surface area contributed by atoms with E-state index in [9.17, 15) is 0 Å². The molecule has 1 aliphatic rings. The molecular weight excluding hydrogens is 657 g/mol. The summed E-state index contributed by atoms with van der Waals surface area (Å²) in [5.41, 5.74) is 15.3. The lowest BCUT2D eigenvalue weighted by atomic mass is 9.81. The molecule has 4 nitrogen and oxygen atoms in total. The summed E-state index contributed by atoms with van der Waals surface area (Å²) in [6.45, 7) is 9.20. The van der Waals surface area contributed by atoms with Gasteiger partial charge >= 0.3 is 0 Å². The number of rotatable bonds is 8. The van der Waals surface area contributed by atoms with Crippen LogP contribution in [0.1, 0.15) is 36.1 Å². The summed E-state index contributed by atoms with van der Waals surface area (Å²) in [5, 5.41) is 3.58. The van der Waals surface area contributed by atoms with Crippen LogP contribution in [0.25, 0.3) is 62.0 Å². The largest absolute Gasteiger partial charge is 0.355 e. The van der Waals surface area contributed by atoms with Crippen LogP contribution in [0.3, 0.4) is 0 Å². The first kappa shape index (κ1) is 33.0. The molecule has 258 valence electrons. The van der Waals surface area contributed by atoms with Gasteiger partial charge in [0.05, 0.1) is 0 Å². The second-order valence-corrected chi connectivity index (χ2v) is 14.3. The number of hydrogen-bond acceptors (Lipinski definition) is 4. The minimum absolute atomic E-state index is 0.239.